The maximum atomic E-state index is 11.2. The summed E-state index contributed by atoms with van der Waals surface area (Å²) in [4.78, 5) is 21.8. The second-order valence-electron chi connectivity index (χ2n) is 3.24. The van der Waals surface area contributed by atoms with Gasteiger partial charge in [-0.3, -0.25) is 0 Å². The van der Waals surface area contributed by atoms with Crippen molar-refractivity contribution in [2.45, 2.75) is 13.8 Å². The lowest BCUT2D eigenvalue weighted by Gasteiger charge is -1.93. The van der Waals surface area contributed by atoms with Gasteiger partial charge >= 0.3 is 11.9 Å². The van der Waals surface area contributed by atoms with E-state index in [9.17, 15) is 9.59 Å². The predicted octanol–water partition coefficient (Wildman–Crippen LogP) is 1.86. The van der Waals surface area contributed by atoms with Crippen molar-refractivity contribution in [3.63, 3.8) is 0 Å². The van der Waals surface area contributed by atoms with Crippen LogP contribution in [0.15, 0.2) is 16.1 Å². The number of aryl methyl sites for hydroxylation is 1. The first kappa shape index (κ1) is 12.0. The van der Waals surface area contributed by atoms with Gasteiger partial charge in [-0.05, 0) is 26.0 Å². The average Bonchev–Trinajstić information content (AvgIpc) is 2.58. The van der Waals surface area contributed by atoms with Gasteiger partial charge in [-0.1, -0.05) is 0 Å². The van der Waals surface area contributed by atoms with Crippen molar-refractivity contribution < 1.29 is 23.8 Å². The molecule has 1 heterocycles. The van der Waals surface area contributed by atoms with Crippen molar-refractivity contribution in [3.05, 3.63) is 28.7 Å². The number of methoxy groups -OCH3 is 1. The number of carbonyl (C=O) groups is 2. The maximum Gasteiger partial charge on any atom is 0.341 e. The van der Waals surface area contributed by atoms with Crippen LogP contribution in [0.25, 0.3) is 6.08 Å². The molecule has 1 aromatic heterocycles. The number of esters is 1. The van der Waals surface area contributed by atoms with Gasteiger partial charge in [-0.15, -0.1) is 0 Å². The van der Waals surface area contributed by atoms with Crippen molar-refractivity contribution >= 4 is 18.0 Å². The number of hydrogen-bond donors (Lipinski definition) is 1. The molecule has 0 unspecified atom stereocenters. The van der Waals surface area contributed by atoms with E-state index in [-0.39, 0.29) is 5.57 Å². The Morgan fingerprint density at radius 3 is 2.62 bits per heavy atom. The smallest absolute Gasteiger partial charge is 0.341 e. The van der Waals surface area contributed by atoms with Crippen LogP contribution < -0.4 is 0 Å². The van der Waals surface area contributed by atoms with Gasteiger partial charge in [-0.25, -0.2) is 9.59 Å². The van der Waals surface area contributed by atoms with Crippen LogP contribution in [-0.4, -0.2) is 24.2 Å². The van der Waals surface area contributed by atoms with Gasteiger partial charge < -0.3 is 14.3 Å². The Labute approximate surface area is 92.3 Å². The first-order chi connectivity index (χ1) is 7.45. The number of carbonyl (C=O) groups excluding carboxylic acids is 1. The summed E-state index contributed by atoms with van der Waals surface area (Å²) in [5, 5.41) is 8.67. The molecule has 1 aromatic rings. The quantitative estimate of drug-likeness (QED) is 0.626. The first-order valence-corrected chi connectivity index (χ1v) is 4.56. The summed E-state index contributed by atoms with van der Waals surface area (Å²) in [5.74, 6) is -0.823. The normalized spacial score (nSPS) is 11.3. The van der Waals surface area contributed by atoms with Gasteiger partial charge in [-0.2, -0.15) is 0 Å². The number of hydrogen-bond acceptors (Lipinski definition) is 4. The SMILES string of the molecule is COC(=O)c1cc(C=C(C)C(=O)O)oc1C. The number of aliphatic carboxylic acids is 1. The third-order valence-corrected chi connectivity index (χ3v) is 2.04. The van der Waals surface area contributed by atoms with Crippen LogP contribution in [0.1, 0.15) is 28.8 Å². The zero-order chi connectivity index (χ0) is 12.3. The van der Waals surface area contributed by atoms with E-state index < -0.39 is 11.9 Å². The molecular weight excluding hydrogens is 212 g/mol. The monoisotopic (exact) mass is 224 g/mol. The van der Waals surface area contributed by atoms with Crippen molar-refractivity contribution in [2.24, 2.45) is 0 Å². The zero-order valence-corrected chi connectivity index (χ0v) is 9.23. The molecule has 0 radical (unpaired) electrons. The van der Waals surface area contributed by atoms with Gasteiger partial charge in [0.25, 0.3) is 0 Å². The van der Waals surface area contributed by atoms with E-state index >= 15 is 0 Å². The molecule has 0 amide bonds. The van der Waals surface area contributed by atoms with Gasteiger partial charge in [0.05, 0.1) is 7.11 Å². The van der Waals surface area contributed by atoms with E-state index in [4.69, 9.17) is 9.52 Å². The molecule has 1 N–H and O–H groups in total. The van der Waals surface area contributed by atoms with Crippen LogP contribution in [0, 0.1) is 6.92 Å². The summed E-state index contributed by atoms with van der Waals surface area (Å²) in [7, 11) is 1.27. The highest BCUT2D eigenvalue weighted by atomic mass is 16.5. The summed E-state index contributed by atoms with van der Waals surface area (Å²) >= 11 is 0. The van der Waals surface area contributed by atoms with E-state index in [1.54, 1.807) is 6.92 Å². The molecule has 0 aliphatic rings. The van der Waals surface area contributed by atoms with Crippen LogP contribution in [0.2, 0.25) is 0 Å². The summed E-state index contributed by atoms with van der Waals surface area (Å²) in [6, 6.07) is 1.45. The molecule has 1 rings (SSSR count). The zero-order valence-electron chi connectivity index (χ0n) is 9.23. The molecule has 0 bridgehead atoms. The van der Waals surface area contributed by atoms with E-state index in [1.165, 1.54) is 26.2 Å². The van der Waals surface area contributed by atoms with Gasteiger partial charge in [0.15, 0.2) is 0 Å². The Morgan fingerprint density at radius 1 is 1.50 bits per heavy atom. The number of carboxylic acid groups (broad SMARTS) is 1. The molecule has 16 heavy (non-hydrogen) atoms. The molecule has 0 aromatic carbocycles. The van der Waals surface area contributed by atoms with Gasteiger partial charge in [0, 0.05) is 5.57 Å². The van der Waals surface area contributed by atoms with Crippen molar-refractivity contribution in [3.8, 4) is 0 Å². The molecule has 0 saturated heterocycles. The average molecular weight is 224 g/mol. The van der Waals surface area contributed by atoms with E-state index in [1.807, 2.05) is 0 Å². The number of ether oxygens (including phenoxy) is 1. The van der Waals surface area contributed by atoms with E-state index in [2.05, 4.69) is 4.74 Å². The summed E-state index contributed by atoms with van der Waals surface area (Å²) < 4.78 is 9.76. The molecule has 5 nitrogen and oxygen atoms in total. The minimum atomic E-state index is -1.03. The standard InChI is InChI=1S/C11H12O5/c1-6(10(12)13)4-8-5-9(7(2)16-8)11(14)15-3/h4-5H,1-3H3,(H,12,13). The predicted molar refractivity (Wildman–Crippen MR) is 56.1 cm³/mol. The highest BCUT2D eigenvalue weighted by molar-refractivity contribution is 5.93. The van der Waals surface area contributed by atoms with Crippen LogP contribution >= 0.6 is 0 Å². The lowest BCUT2D eigenvalue weighted by molar-refractivity contribution is -0.132. The summed E-state index contributed by atoms with van der Waals surface area (Å²) in [6.45, 7) is 3.05. The third-order valence-electron chi connectivity index (χ3n) is 2.04. The third kappa shape index (κ3) is 2.50. The molecular formula is C11H12O5. The topological polar surface area (TPSA) is 76.7 Å². The molecule has 0 aliphatic carbocycles. The summed E-state index contributed by atoms with van der Waals surface area (Å²) in [5.41, 5.74) is 0.428. The highest BCUT2D eigenvalue weighted by Crippen LogP contribution is 2.18. The van der Waals surface area contributed by atoms with Crippen LogP contribution in [0.3, 0.4) is 0 Å². The highest BCUT2D eigenvalue weighted by Gasteiger charge is 2.14. The molecule has 0 atom stereocenters. The minimum absolute atomic E-state index is 0.130. The Balaban J connectivity index is 3.06. The van der Waals surface area contributed by atoms with Crippen LogP contribution in [0.4, 0.5) is 0 Å². The minimum Gasteiger partial charge on any atom is -0.478 e. The van der Waals surface area contributed by atoms with Crippen LogP contribution in [-0.2, 0) is 9.53 Å². The number of rotatable bonds is 3. The molecule has 0 spiro atoms. The Hall–Kier alpha value is -2.04. The molecule has 5 heteroatoms. The van der Waals surface area contributed by atoms with Crippen molar-refractivity contribution in [1.82, 2.24) is 0 Å². The lowest BCUT2D eigenvalue weighted by Crippen LogP contribution is -2.00. The fourth-order valence-corrected chi connectivity index (χ4v) is 1.16. The number of furan rings is 1. The Morgan fingerprint density at radius 2 is 2.12 bits per heavy atom. The number of carboxylic acids is 1. The molecule has 0 aliphatic heterocycles. The molecule has 0 fully saturated rings. The van der Waals surface area contributed by atoms with Crippen molar-refractivity contribution in [2.75, 3.05) is 7.11 Å². The molecule has 86 valence electrons. The van der Waals surface area contributed by atoms with E-state index in [0.717, 1.165) is 0 Å². The molecule has 0 saturated carbocycles. The fraction of sp³-hybridized carbons (Fsp3) is 0.273. The Bertz CT molecular complexity index is 453. The Kier molecular flexibility index (Phi) is 3.50. The fourth-order valence-electron chi connectivity index (χ4n) is 1.16. The lowest BCUT2D eigenvalue weighted by atomic mass is 10.2. The van der Waals surface area contributed by atoms with Gasteiger partial charge in [0.2, 0.25) is 0 Å². The largest absolute Gasteiger partial charge is 0.478 e. The summed E-state index contributed by atoms with van der Waals surface area (Å²) in [6.07, 6.45) is 1.35. The van der Waals surface area contributed by atoms with Gasteiger partial charge in [0.1, 0.15) is 17.1 Å². The maximum absolute atomic E-state index is 11.2. The second kappa shape index (κ2) is 4.65. The second-order valence-corrected chi connectivity index (χ2v) is 3.24. The van der Waals surface area contributed by atoms with Crippen molar-refractivity contribution in [1.29, 1.82) is 0 Å². The van der Waals surface area contributed by atoms with E-state index in [0.29, 0.717) is 17.1 Å². The first-order valence-electron chi connectivity index (χ1n) is 4.56. The van der Waals surface area contributed by atoms with Crippen LogP contribution in [0.5, 0.6) is 0 Å².